The van der Waals surface area contributed by atoms with Crippen molar-refractivity contribution < 1.29 is 14.0 Å². The minimum atomic E-state index is -3.32. The second-order valence-corrected chi connectivity index (χ2v) is 5.18. The highest BCUT2D eigenvalue weighted by molar-refractivity contribution is 7.53. The van der Waals surface area contributed by atoms with Crippen LogP contribution in [0.2, 0.25) is 0 Å². The first kappa shape index (κ1) is 10.2. The molecule has 10 heavy (non-hydrogen) atoms. The Morgan fingerprint density at radius 1 is 1.30 bits per heavy atom. The molecule has 0 aromatic carbocycles. The molecular weight excluding hydrogens is 151 g/mol. The van der Waals surface area contributed by atoms with Crippen molar-refractivity contribution in [3.05, 3.63) is 0 Å². The summed E-state index contributed by atoms with van der Waals surface area (Å²) in [5, 5.41) is 0. The number of hydrogen-bond donors (Lipinski definition) is 1. The first-order valence-electron chi connectivity index (χ1n) is 3.37. The van der Waals surface area contributed by atoms with E-state index in [1.54, 1.807) is 27.7 Å². The summed E-state index contributed by atoms with van der Waals surface area (Å²) in [4.78, 5) is 9.10. The molecule has 0 saturated carbocycles. The van der Waals surface area contributed by atoms with Crippen LogP contribution in [0.1, 0.15) is 27.7 Å². The molecule has 0 spiro atoms. The molecule has 62 valence electrons. The minimum absolute atomic E-state index is 0.182. The van der Waals surface area contributed by atoms with E-state index in [1.165, 1.54) is 0 Å². The van der Waals surface area contributed by atoms with E-state index < -0.39 is 7.60 Å². The van der Waals surface area contributed by atoms with Gasteiger partial charge < -0.3 is 9.42 Å². The smallest absolute Gasteiger partial charge is 0.324 e. The van der Waals surface area contributed by atoms with Crippen LogP contribution in [0.5, 0.6) is 0 Å². The summed E-state index contributed by atoms with van der Waals surface area (Å²) >= 11 is 0. The van der Waals surface area contributed by atoms with Gasteiger partial charge in [0, 0.05) is 0 Å². The topological polar surface area (TPSA) is 46.5 Å². The predicted molar refractivity (Wildman–Crippen MR) is 41.2 cm³/mol. The maximum atomic E-state index is 11.1. The Balaban J connectivity index is 4.01. The van der Waals surface area contributed by atoms with E-state index in [9.17, 15) is 4.57 Å². The zero-order chi connectivity index (χ0) is 8.36. The van der Waals surface area contributed by atoms with Crippen molar-refractivity contribution >= 4 is 7.60 Å². The summed E-state index contributed by atoms with van der Waals surface area (Å²) in [5.41, 5.74) is -0.310. The van der Waals surface area contributed by atoms with Crippen molar-refractivity contribution in [3.8, 4) is 0 Å². The highest BCUT2D eigenvalue weighted by Gasteiger charge is 2.25. The zero-order valence-corrected chi connectivity index (χ0v) is 7.76. The Labute approximate surface area is 61.9 Å². The number of hydrogen-bond acceptors (Lipinski definition) is 2. The quantitative estimate of drug-likeness (QED) is 0.652. The molecular formula is C6H15O3P. The average Bonchev–Trinajstić information content (AvgIpc) is 1.60. The van der Waals surface area contributed by atoms with Crippen LogP contribution in [0.25, 0.3) is 0 Å². The summed E-state index contributed by atoms with van der Waals surface area (Å²) in [6.07, 6.45) is -0.182. The highest BCUT2D eigenvalue weighted by atomic mass is 31.2. The maximum Gasteiger partial charge on any atom is 0.330 e. The molecule has 4 heteroatoms. The van der Waals surface area contributed by atoms with E-state index >= 15 is 0 Å². The largest absolute Gasteiger partial charge is 0.330 e. The van der Waals surface area contributed by atoms with Crippen molar-refractivity contribution in [2.75, 3.05) is 0 Å². The Bertz CT molecular complexity index is 142. The van der Waals surface area contributed by atoms with Gasteiger partial charge in [-0.15, -0.1) is 0 Å². The van der Waals surface area contributed by atoms with Crippen LogP contribution >= 0.6 is 7.60 Å². The van der Waals surface area contributed by atoms with Gasteiger partial charge in [-0.1, -0.05) is 13.8 Å². The fourth-order valence-corrected chi connectivity index (χ4v) is 1.27. The van der Waals surface area contributed by atoms with Crippen molar-refractivity contribution in [2.45, 2.75) is 39.5 Å². The van der Waals surface area contributed by atoms with Crippen molar-refractivity contribution in [3.63, 3.8) is 0 Å². The van der Waals surface area contributed by atoms with Crippen LogP contribution in [0.4, 0.5) is 0 Å². The lowest BCUT2D eigenvalue weighted by molar-refractivity contribution is 0.200. The van der Waals surface area contributed by atoms with Crippen LogP contribution in [-0.2, 0) is 9.09 Å². The van der Waals surface area contributed by atoms with E-state index in [4.69, 9.17) is 9.42 Å². The van der Waals surface area contributed by atoms with Gasteiger partial charge in [-0.05, 0) is 13.8 Å². The van der Waals surface area contributed by atoms with Crippen LogP contribution in [-0.4, -0.2) is 16.7 Å². The summed E-state index contributed by atoms with van der Waals surface area (Å²) in [6, 6.07) is 0. The first-order chi connectivity index (χ1) is 4.36. The van der Waals surface area contributed by atoms with Gasteiger partial charge in [0.25, 0.3) is 0 Å². The van der Waals surface area contributed by atoms with Gasteiger partial charge in [0.05, 0.1) is 11.8 Å². The van der Waals surface area contributed by atoms with Crippen molar-refractivity contribution in [2.24, 2.45) is 0 Å². The third-order valence-electron chi connectivity index (χ3n) is 1.01. The minimum Gasteiger partial charge on any atom is -0.324 e. The molecule has 0 saturated heterocycles. The van der Waals surface area contributed by atoms with Gasteiger partial charge in [-0.2, -0.15) is 0 Å². The lowest BCUT2D eigenvalue weighted by Crippen LogP contribution is -2.06. The summed E-state index contributed by atoms with van der Waals surface area (Å²) in [6.45, 7) is 6.82. The molecule has 0 aliphatic carbocycles. The van der Waals surface area contributed by atoms with Crippen LogP contribution in [0.15, 0.2) is 0 Å². The van der Waals surface area contributed by atoms with E-state index in [1.807, 2.05) is 0 Å². The Morgan fingerprint density at radius 3 is 1.80 bits per heavy atom. The molecule has 0 bridgehead atoms. The maximum absolute atomic E-state index is 11.1. The molecule has 0 heterocycles. The molecule has 0 aromatic heterocycles. The Hall–Kier alpha value is 0.150. The normalized spacial score (nSPS) is 17.9. The average molecular weight is 166 g/mol. The monoisotopic (exact) mass is 166 g/mol. The summed E-state index contributed by atoms with van der Waals surface area (Å²) in [5.74, 6) is 0. The van der Waals surface area contributed by atoms with E-state index in [-0.39, 0.29) is 11.8 Å². The summed E-state index contributed by atoms with van der Waals surface area (Å²) in [7, 11) is -3.32. The second kappa shape index (κ2) is 3.51. The van der Waals surface area contributed by atoms with Gasteiger partial charge in [0.2, 0.25) is 0 Å². The molecule has 0 radical (unpaired) electrons. The van der Waals surface area contributed by atoms with Gasteiger partial charge in [-0.3, -0.25) is 4.57 Å². The Kier molecular flexibility index (Phi) is 3.57. The SMILES string of the molecule is CC(C)OP(=O)(O)C(C)C. The van der Waals surface area contributed by atoms with E-state index in [0.29, 0.717) is 0 Å². The second-order valence-electron chi connectivity index (χ2n) is 2.81. The first-order valence-corrected chi connectivity index (χ1v) is 5.02. The molecule has 1 atom stereocenters. The summed E-state index contributed by atoms with van der Waals surface area (Å²) < 4.78 is 15.9. The fourth-order valence-electron chi connectivity index (χ4n) is 0.424. The van der Waals surface area contributed by atoms with Crippen molar-refractivity contribution in [1.29, 1.82) is 0 Å². The zero-order valence-electron chi connectivity index (χ0n) is 6.87. The molecule has 0 amide bonds. The Morgan fingerprint density at radius 2 is 1.70 bits per heavy atom. The molecule has 0 aromatic rings. The van der Waals surface area contributed by atoms with Crippen LogP contribution < -0.4 is 0 Å². The van der Waals surface area contributed by atoms with E-state index in [0.717, 1.165) is 0 Å². The van der Waals surface area contributed by atoms with Gasteiger partial charge in [0.15, 0.2) is 0 Å². The lowest BCUT2D eigenvalue weighted by atomic mass is 10.5. The molecule has 0 aliphatic heterocycles. The molecule has 1 unspecified atom stereocenters. The lowest BCUT2D eigenvalue weighted by Gasteiger charge is -2.17. The van der Waals surface area contributed by atoms with Gasteiger partial charge in [0.1, 0.15) is 0 Å². The third kappa shape index (κ3) is 3.35. The van der Waals surface area contributed by atoms with Crippen molar-refractivity contribution in [1.82, 2.24) is 0 Å². The molecule has 1 N–H and O–H groups in total. The van der Waals surface area contributed by atoms with Gasteiger partial charge in [-0.25, -0.2) is 0 Å². The third-order valence-corrected chi connectivity index (χ3v) is 3.04. The highest BCUT2D eigenvalue weighted by Crippen LogP contribution is 2.47. The van der Waals surface area contributed by atoms with E-state index in [2.05, 4.69) is 0 Å². The van der Waals surface area contributed by atoms with Gasteiger partial charge >= 0.3 is 7.60 Å². The molecule has 0 rings (SSSR count). The molecule has 0 aliphatic rings. The molecule has 0 fully saturated rings. The van der Waals surface area contributed by atoms with Crippen LogP contribution in [0, 0.1) is 0 Å². The fraction of sp³-hybridized carbons (Fsp3) is 1.00. The van der Waals surface area contributed by atoms with Crippen LogP contribution in [0.3, 0.4) is 0 Å². The predicted octanol–water partition coefficient (Wildman–Crippen LogP) is 2.01. The standard InChI is InChI=1S/C6H15O3P/c1-5(2)9-10(7,8)6(3)4/h5-6H,1-4H3,(H,7,8). The molecule has 3 nitrogen and oxygen atoms in total. The number of rotatable bonds is 3.